The minimum absolute atomic E-state index is 0.308. The Morgan fingerprint density at radius 1 is 1.10 bits per heavy atom. The third kappa shape index (κ3) is 4.59. The largest absolute Gasteiger partial charge is 0.489 e. The van der Waals surface area contributed by atoms with Crippen molar-refractivity contribution in [3.63, 3.8) is 0 Å². The molecular formula is C15H13BrClNO2S. The highest BCUT2D eigenvalue weighted by molar-refractivity contribution is 9.10. The molecule has 0 bridgehead atoms. The molecule has 2 rings (SSSR count). The van der Waals surface area contributed by atoms with Crippen molar-refractivity contribution in [3.8, 4) is 11.5 Å². The maximum absolute atomic E-state index is 6.06. The molecule has 0 saturated carbocycles. The molecule has 21 heavy (non-hydrogen) atoms. The number of hydrogen-bond donors (Lipinski definition) is 1. The van der Waals surface area contributed by atoms with E-state index in [-0.39, 0.29) is 0 Å². The van der Waals surface area contributed by atoms with Crippen LogP contribution in [0.25, 0.3) is 0 Å². The van der Waals surface area contributed by atoms with Crippen molar-refractivity contribution in [1.82, 2.24) is 0 Å². The first-order valence-electron chi connectivity index (χ1n) is 6.17. The lowest BCUT2D eigenvalue weighted by atomic mass is 10.2. The Morgan fingerprint density at radius 3 is 2.43 bits per heavy atom. The number of halogens is 2. The zero-order valence-electron chi connectivity index (χ0n) is 11.0. The molecule has 0 aliphatic carbocycles. The molecular weight excluding hydrogens is 374 g/mol. The first-order chi connectivity index (χ1) is 10.1. The van der Waals surface area contributed by atoms with Crippen LogP contribution >= 0.6 is 39.7 Å². The number of rotatable bonds is 6. The highest BCUT2D eigenvalue weighted by Crippen LogP contribution is 2.27. The monoisotopic (exact) mass is 385 g/mol. The van der Waals surface area contributed by atoms with Crippen LogP contribution < -0.4 is 15.2 Å². The maximum Gasteiger partial charge on any atom is 0.138 e. The lowest BCUT2D eigenvalue weighted by molar-refractivity contribution is 0.217. The van der Waals surface area contributed by atoms with Gasteiger partial charge in [0.05, 0.1) is 10.6 Å². The summed E-state index contributed by atoms with van der Waals surface area (Å²) < 4.78 is 12.1. The van der Waals surface area contributed by atoms with E-state index in [1.807, 2.05) is 30.3 Å². The molecule has 0 aliphatic rings. The number of ether oxygens (including phenoxy) is 2. The Balaban J connectivity index is 1.89. The molecule has 0 atom stereocenters. The fourth-order valence-corrected chi connectivity index (χ4v) is 2.59. The van der Waals surface area contributed by atoms with E-state index < -0.39 is 0 Å². The van der Waals surface area contributed by atoms with Gasteiger partial charge in [-0.25, -0.2) is 0 Å². The van der Waals surface area contributed by atoms with Crippen molar-refractivity contribution in [2.24, 2.45) is 5.73 Å². The van der Waals surface area contributed by atoms with Crippen molar-refractivity contribution < 1.29 is 9.47 Å². The Morgan fingerprint density at radius 2 is 1.76 bits per heavy atom. The van der Waals surface area contributed by atoms with Crippen molar-refractivity contribution in [1.29, 1.82) is 0 Å². The Bertz CT molecular complexity index is 651. The van der Waals surface area contributed by atoms with Gasteiger partial charge in [-0.3, -0.25) is 0 Å². The van der Waals surface area contributed by atoms with Crippen LogP contribution in [-0.2, 0) is 0 Å². The summed E-state index contributed by atoms with van der Waals surface area (Å²) in [7, 11) is 0. The molecule has 2 aromatic rings. The third-order valence-corrected chi connectivity index (χ3v) is 3.65. The van der Waals surface area contributed by atoms with E-state index in [1.165, 1.54) is 0 Å². The lowest BCUT2D eigenvalue weighted by Crippen LogP contribution is -2.14. The van der Waals surface area contributed by atoms with Gasteiger partial charge in [0.2, 0.25) is 0 Å². The second-order valence-electron chi connectivity index (χ2n) is 4.13. The van der Waals surface area contributed by atoms with E-state index in [0.29, 0.717) is 40.3 Å². The van der Waals surface area contributed by atoms with E-state index >= 15 is 0 Å². The van der Waals surface area contributed by atoms with Gasteiger partial charge in [-0.15, -0.1) is 0 Å². The van der Waals surface area contributed by atoms with E-state index in [4.69, 9.17) is 39.0 Å². The Kier molecular flexibility index (Phi) is 5.85. The first kappa shape index (κ1) is 16.1. The molecule has 0 spiro atoms. The minimum Gasteiger partial charge on any atom is -0.489 e. The first-order valence-corrected chi connectivity index (χ1v) is 7.75. The molecule has 0 heterocycles. The fourth-order valence-electron chi connectivity index (χ4n) is 1.69. The topological polar surface area (TPSA) is 44.5 Å². The van der Waals surface area contributed by atoms with Gasteiger partial charge < -0.3 is 15.2 Å². The number of thiocarbonyl (C=S) groups is 1. The van der Waals surface area contributed by atoms with Crippen LogP contribution in [0.2, 0.25) is 5.02 Å². The van der Waals surface area contributed by atoms with Crippen LogP contribution in [0.15, 0.2) is 46.9 Å². The van der Waals surface area contributed by atoms with E-state index in [1.54, 1.807) is 12.1 Å². The molecule has 110 valence electrons. The van der Waals surface area contributed by atoms with Crippen molar-refractivity contribution >= 4 is 44.7 Å². The van der Waals surface area contributed by atoms with Gasteiger partial charge in [-0.1, -0.05) is 51.9 Å². The predicted molar refractivity (Wildman–Crippen MR) is 92.5 cm³/mol. The summed E-state index contributed by atoms with van der Waals surface area (Å²) in [6.45, 7) is 0.735. The highest BCUT2D eigenvalue weighted by atomic mass is 79.9. The standard InChI is InChI=1S/C15H13BrClNO2S/c16-10-5-6-14(12(17)9-10)20-8-7-19-13-4-2-1-3-11(13)15(18)21/h1-6,9H,7-8H2,(H2,18,21). The van der Waals surface area contributed by atoms with Crippen LogP contribution in [0, 0.1) is 0 Å². The normalized spacial score (nSPS) is 10.2. The quantitative estimate of drug-likeness (QED) is 0.597. The van der Waals surface area contributed by atoms with E-state index in [0.717, 1.165) is 4.47 Å². The van der Waals surface area contributed by atoms with Crippen molar-refractivity contribution in [3.05, 3.63) is 57.5 Å². The Labute approximate surface area is 142 Å². The van der Waals surface area contributed by atoms with Gasteiger partial charge in [0.15, 0.2) is 0 Å². The van der Waals surface area contributed by atoms with E-state index in [2.05, 4.69) is 15.9 Å². The summed E-state index contributed by atoms with van der Waals surface area (Å²) in [5, 5.41) is 0.549. The smallest absolute Gasteiger partial charge is 0.138 e. The lowest BCUT2D eigenvalue weighted by Gasteiger charge is -2.12. The van der Waals surface area contributed by atoms with Gasteiger partial charge in [0.25, 0.3) is 0 Å². The van der Waals surface area contributed by atoms with Gasteiger partial charge in [0, 0.05) is 4.47 Å². The second-order valence-corrected chi connectivity index (χ2v) is 5.89. The Hall–Kier alpha value is -1.30. The van der Waals surface area contributed by atoms with Gasteiger partial charge in [-0.05, 0) is 30.3 Å². The molecule has 3 nitrogen and oxygen atoms in total. The van der Waals surface area contributed by atoms with Crippen LogP contribution in [0.4, 0.5) is 0 Å². The molecule has 0 radical (unpaired) electrons. The summed E-state index contributed by atoms with van der Waals surface area (Å²) in [6, 6.07) is 12.8. The number of hydrogen-bond acceptors (Lipinski definition) is 3. The molecule has 2 N–H and O–H groups in total. The maximum atomic E-state index is 6.06. The van der Waals surface area contributed by atoms with Gasteiger partial charge in [0.1, 0.15) is 29.7 Å². The zero-order chi connectivity index (χ0) is 15.2. The summed E-state index contributed by atoms with van der Waals surface area (Å²) in [5.74, 6) is 1.27. The van der Waals surface area contributed by atoms with Crippen molar-refractivity contribution in [2.75, 3.05) is 13.2 Å². The predicted octanol–water partition coefficient (Wildman–Crippen LogP) is 4.19. The number of para-hydroxylation sites is 1. The number of benzene rings is 2. The summed E-state index contributed by atoms with van der Waals surface area (Å²) in [4.78, 5) is 0.308. The molecule has 6 heteroatoms. The van der Waals surface area contributed by atoms with Gasteiger partial charge in [-0.2, -0.15) is 0 Å². The molecule has 0 fully saturated rings. The zero-order valence-corrected chi connectivity index (χ0v) is 14.2. The summed E-state index contributed by atoms with van der Waals surface area (Å²) in [6.07, 6.45) is 0. The second kappa shape index (κ2) is 7.64. The molecule has 0 amide bonds. The van der Waals surface area contributed by atoms with Gasteiger partial charge >= 0.3 is 0 Å². The summed E-state index contributed by atoms with van der Waals surface area (Å²) >= 11 is 14.4. The third-order valence-electron chi connectivity index (χ3n) is 2.64. The SMILES string of the molecule is NC(=S)c1ccccc1OCCOc1ccc(Br)cc1Cl. The molecule has 0 saturated heterocycles. The van der Waals surface area contributed by atoms with Crippen molar-refractivity contribution in [2.45, 2.75) is 0 Å². The molecule has 0 aliphatic heterocycles. The van der Waals surface area contributed by atoms with E-state index in [9.17, 15) is 0 Å². The van der Waals surface area contributed by atoms with Crippen LogP contribution in [0.3, 0.4) is 0 Å². The molecule has 2 aromatic carbocycles. The average Bonchev–Trinajstić information content (AvgIpc) is 2.45. The minimum atomic E-state index is 0.308. The highest BCUT2D eigenvalue weighted by Gasteiger charge is 2.06. The molecule has 0 unspecified atom stereocenters. The number of nitrogens with two attached hydrogens (primary N) is 1. The summed E-state index contributed by atoms with van der Waals surface area (Å²) in [5.41, 5.74) is 6.36. The van der Waals surface area contributed by atoms with Crippen LogP contribution in [0.5, 0.6) is 11.5 Å². The molecule has 0 aromatic heterocycles. The van der Waals surface area contributed by atoms with Crippen LogP contribution in [0.1, 0.15) is 5.56 Å². The van der Waals surface area contributed by atoms with Crippen LogP contribution in [-0.4, -0.2) is 18.2 Å². The average molecular weight is 387 g/mol. The fraction of sp³-hybridized carbons (Fsp3) is 0.133.